The number of carbonyl (C=O) groups excluding carboxylic acids is 2. The average Bonchev–Trinajstić information content (AvgIpc) is 2.86. The number of carbonyl (C=O) groups is 2. The monoisotopic (exact) mass is 436 g/mol. The summed E-state index contributed by atoms with van der Waals surface area (Å²) in [5.41, 5.74) is 1.54. The van der Waals surface area contributed by atoms with Gasteiger partial charge in [0.1, 0.15) is 12.4 Å². The van der Waals surface area contributed by atoms with Gasteiger partial charge in [0.2, 0.25) is 0 Å². The highest BCUT2D eigenvalue weighted by molar-refractivity contribution is 5.97. The van der Waals surface area contributed by atoms with Crippen LogP contribution in [0.2, 0.25) is 0 Å². The van der Waals surface area contributed by atoms with E-state index in [0.29, 0.717) is 17.9 Å². The van der Waals surface area contributed by atoms with Crippen molar-refractivity contribution in [3.8, 4) is 5.75 Å². The largest absolute Gasteiger partial charge is 0.496 e. The lowest BCUT2D eigenvalue weighted by Crippen LogP contribution is -2.48. The number of hydrogen-bond acceptors (Lipinski definition) is 4. The van der Waals surface area contributed by atoms with Gasteiger partial charge in [-0.05, 0) is 43.4 Å². The Morgan fingerprint density at radius 1 is 1.12 bits per heavy atom. The van der Waals surface area contributed by atoms with Crippen LogP contribution >= 0.6 is 0 Å². The molecule has 0 heterocycles. The molecule has 6 heteroatoms. The summed E-state index contributed by atoms with van der Waals surface area (Å²) in [6, 6.07) is 17.6. The SMILES string of the molecule is C=CCOC(=O)N(C)[C@H]1CC[C@@](CNC(=O)c2ccccc2OC)(c2ccccc2)CC1. The molecule has 0 unspecified atom stereocenters. The maximum atomic E-state index is 12.9. The summed E-state index contributed by atoms with van der Waals surface area (Å²) in [7, 11) is 3.35. The number of nitrogens with zero attached hydrogens (tertiary/aromatic N) is 1. The van der Waals surface area contributed by atoms with E-state index in [1.807, 2.05) is 30.3 Å². The standard InChI is InChI=1S/C26H32N2O4/c1-4-18-32-25(30)28(2)21-14-16-26(17-15-21,20-10-6-5-7-11-20)19-27-24(29)22-12-8-9-13-23(22)31-3/h4-13,21H,1,14-19H2,2-3H3,(H,27,29)/t21-,26+. The molecule has 0 bridgehead atoms. The highest BCUT2D eigenvalue weighted by Gasteiger charge is 2.39. The lowest BCUT2D eigenvalue weighted by molar-refractivity contribution is 0.0852. The highest BCUT2D eigenvalue weighted by Crippen LogP contribution is 2.40. The quantitative estimate of drug-likeness (QED) is 0.616. The van der Waals surface area contributed by atoms with Crippen molar-refractivity contribution >= 4 is 12.0 Å². The molecule has 2 aromatic carbocycles. The number of para-hydroxylation sites is 1. The summed E-state index contributed by atoms with van der Waals surface area (Å²) in [5.74, 6) is 0.409. The van der Waals surface area contributed by atoms with Crippen LogP contribution in [0.4, 0.5) is 4.79 Å². The Balaban J connectivity index is 1.73. The number of hydrogen-bond donors (Lipinski definition) is 1. The number of benzene rings is 2. The first-order chi connectivity index (χ1) is 15.5. The van der Waals surface area contributed by atoms with E-state index >= 15 is 0 Å². The normalized spacial score (nSPS) is 20.1. The van der Waals surface area contributed by atoms with Gasteiger partial charge in [-0.2, -0.15) is 0 Å². The van der Waals surface area contributed by atoms with Crippen LogP contribution in [0.1, 0.15) is 41.6 Å². The van der Waals surface area contributed by atoms with Gasteiger partial charge in [-0.25, -0.2) is 4.79 Å². The number of ether oxygens (including phenoxy) is 2. The molecule has 2 aromatic rings. The van der Waals surface area contributed by atoms with Crippen LogP contribution in [0.15, 0.2) is 67.3 Å². The van der Waals surface area contributed by atoms with Crippen molar-refractivity contribution in [1.82, 2.24) is 10.2 Å². The smallest absolute Gasteiger partial charge is 0.410 e. The third-order valence-corrected chi connectivity index (χ3v) is 6.40. The molecule has 1 aliphatic carbocycles. The summed E-state index contributed by atoms with van der Waals surface area (Å²) in [6.45, 7) is 4.31. The molecular formula is C26H32N2O4. The van der Waals surface area contributed by atoms with E-state index in [4.69, 9.17) is 9.47 Å². The molecule has 32 heavy (non-hydrogen) atoms. The molecular weight excluding hydrogens is 404 g/mol. The zero-order valence-corrected chi connectivity index (χ0v) is 18.9. The van der Waals surface area contributed by atoms with E-state index in [2.05, 4.69) is 24.0 Å². The van der Waals surface area contributed by atoms with Crippen molar-refractivity contribution < 1.29 is 19.1 Å². The van der Waals surface area contributed by atoms with Gasteiger partial charge in [-0.15, -0.1) is 0 Å². The predicted octanol–water partition coefficient (Wildman–Crippen LogP) is 4.56. The highest BCUT2D eigenvalue weighted by atomic mass is 16.6. The molecule has 0 radical (unpaired) electrons. The van der Waals surface area contributed by atoms with E-state index < -0.39 is 0 Å². The Bertz CT molecular complexity index is 920. The molecule has 6 nitrogen and oxygen atoms in total. The lowest BCUT2D eigenvalue weighted by Gasteiger charge is -2.43. The van der Waals surface area contributed by atoms with Crippen molar-refractivity contribution in [2.75, 3.05) is 27.3 Å². The molecule has 1 saturated carbocycles. The Kier molecular flexibility index (Phi) is 7.92. The van der Waals surface area contributed by atoms with Gasteiger partial charge in [0, 0.05) is 25.0 Å². The Labute approximate surface area is 190 Å². The zero-order chi connectivity index (χ0) is 23.0. The first-order valence-corrected chi connectivity index (χ1v) is 11.0. The molecule has 0 spiro atoms. The van der Waals surface area contributed by atoms with Crippen LogP contribution in [-0.2, 0) is 10.2 Å². The fourth-order valence-electron chi connectivity index (χ4n) is 4.46. The van der Waals surface area contributed by atoms with Crippen molar-refractivity contribution in [3.63, 3.8) is 0 Å². The van der Waals surface area contributed by atoms with Crippen molar-refractivity contribution in [2.24, 2.45) is 0 Å². The summed E-state index contributed by atoms with van der Waals surface area (Å²) in [6.07, 6.45) is 4.61. The topological polar surface area (TPSA) is 67.9 Å². The fraction of sp³-hybridized carbons (Fsp3) is 0.385. The Hall–Kier alpha value is -3.28. The second-order valence-electron chi connectivity index (χ2n) is 8.24. The van der Waals surface area contributed by atoms with Crippen LogP contribution in [0.5, 0.6) is 5.75 Å². The lowest BCUT2D eigenvalue weighted by atomic mass is 9.68. The average molecular weight is 437 g/mol. The predicted molar refractivity (Wildman–Crippen MR) is 125 cm³/mol. The van der Waals surface area contributed by atoms with E-state index in [1.165, 1.54) is 5.56 Å². The first-order valence-electron chi connectivity index (χ1n) is 11.0. The van der Waals surface area contributed by atoms with Crippen molar-refractivity contribution in [3.05, 3.63) is 78.4 Å². The fourth-order valence-corrected chi connectivity index (χ4v) is 4.46. The second kappa shape index (κ2) is 10.8. The minimum absolute atomic E-state index is 0.106. The molecule has 2 amide bonds. The van der Waals surface area contributed by atoms with E-state index in [9.17, 15) is 9.59 Å². The number of amides is 2. The molecule has 1 N–H and O–H groups in total. The van der Waals surface area contributed by atoms with Crippen LogP contribution in [0, 0.1) is 0 Å². The Morgan fingerprint density at radius 3 is 2.44 bits per heavy atom. The molecule has 0 aromatic heterocycles. The molecule has 0 saturated heterocycles. The van der Waals surface area contributed by atoms with Crippen LogP contribution in [0.25, 0.3) is 0 Å². The van der Waals surface area contributed by atoms with Crippen LogP contribution in [-0.4, -0.2) is 50.3 Å². The van der Waals surface area contributed by atoms with Gasteiger partial charge >= 0.3 is 6.09 Å². The first kappa shape index (κ1) is 23.4. The third kappa shape index (κ3) is 5.31. The van der Waals surface area contributed by atoms with E-state index in [1.54, 1.807) is 37.3 Å². The summed E-state index contributed by atoms with van der Waals surface area (Å²) < 4.78 is 10.5. The summed E-state index contributed by atoms with van der Waals surface area (Å²) in [4.78, 5) is 26.9. The van der Waals surface area contributed by atoms with E-state index in [-0.39, 0.29) is 30.1 Å². The third-order valence-electron chi connectivity index (χ3n) is 6.40. The summed E-state index contributed by atoms with van der Waals surface area (Å²) in [5, 5.41) is 3.14. The van der Waals surface area contributed by atoms with Crippen molar-refractivity contribution in [1.29, 1.82) is 0 Å². The summed E-state index contributed by atoms with van der Waals surface area (Å²) >= 11 is 0. The Morgan fingerprint density at radius 2 is 1.78 bits per heavy atom. The van der Waals surface area contributed by atoms with Gasteiger partial charge in [0.15, 0.2) is 0 Å². The number of nitrogens with one attached hydrogen (secondary N) is 1. The van der Waals surface area contributed by atoms with Crippen LogP contribution < -0.4 is 10.1 Å². The van der Waals surface area contributed by atoms with Gasteiger partial charge < -0.3 is 19.7 Å². The van der Waals surface area contributed by atoms with Crippen molar-refractivity contribution in [2.45, 2.75) is 37.1 Å². The van der Waals surface area contributed by atoms with Gasteiger partial charge in [0.05, 0.1) is 12.7 Å². The van der Waals surface area contributed by atoms with Gasteiger partial charge in [-0.3, -0.25) is 4.79 Å². The maximum Gasteiger partial charge on any atom is 0.410 e. The van der Waals surface area contributed by atoms with Crippen LogP contribution in [0.3, 0.4) is 0 Å². The minimum Gasteiger partial charge on any atom is -0.496 e. The molecule has 1 aliphatic rings. The molecule has 0 atom stereocenters. The second-order valence-corrected chi connectivity index (χ2v) is 8.24. The molecule has 3 rings (SSSR count). The number of rotatable bonds is 8. The minimum atomic E-state index is -0.327. The molecule has 0 aliphatic heterocycles. The van der Waals surface area contributed by atoms with Gasteiger partial charge in [-0.1, -0.05) is 55.1 Å². The zero-order valence-electron chi connectivity index (χ0n) is 18.9. The number of methoxy groups -OCH3 is 1. The van der Waals surface area contributed by atoms with Gasteiger partial charge in [0.25, 0.3) is 5.91 Å². The maximum absolute atomic E-state index is 12.9. The molecule has 1 fully saturated rings. The molecule has 170 valence electrons. The van der Waals surface area contributed by atoms with E-state index in [0.717, 1.165) is 25.7 Å².